The number of aromatic nitrogens is 4. The summed E-state index contributed by atoms with van der Waals surface area (Å²) in [5.74, 6) is 0.924. The molecule has 0 amide bonds. The van der Waals surface area contributed by atoms with Crippen LogP contribution < -0.4 is 22.3 Å². The van der Waals surface area contributed by atoms with Crippen LogP contribution in [0.2, 0.25) is 10.0 Å². The number of nitrogens with two attached hydrogens (primary N) is 2. The zero-order chi connectivity index (χ0) is 24.7. The molecule has 4 aromatic rings. The highest BCUT2D eigenvalue weighted by Gasteiger charge is 2.37. The smallest absolute Gasteiger partial charge is 0.267 e. The molecule has 1 aliphatic rings. The lowest BCUT2D eigenvalue weighted by atomic mass is 10.1. The molecule has 1 unspecified atom stereocenters. The Morgan fingerprint density at radius 2 is 1.91 bits per heavy atom. The third-order valence-electron chi connectivity index (χ3n) is 5.88. The molecule has 0 spiro atoms. The summed E-state index contributed by atoms with van der Waals surface area (Å²) in [6, 6.07) is 14.1. The Kier molecular flexibility index (Phi) is 5.93. The molecule has 2 aromatic heterocycles. The van der Waals surface area contributed by atoms with Gasteiger partial charge in [-0.1, -0.05) is 41.4 Å². The standard InChI is InChI=1S/C24H20Cl2N8O/c25-15-5-2-6-16-17(15)23(35)34(14-4-1-3-12(11-14)9-10-27)22(30-16)19(13-7-8-13)31-21-18(26)20(28)32-24(29)33-21/h1-6,11,13,19H,7-9H2,(H5,28,29,31,32,33). The van der Waals surface area contributed by atoms with E-state index in [0.717, 1.165) is 18.4 Å². The van der Waals surface area contributed by atoms with Crippen molar-refractivity contribution < 1.29 is 0 Å². The van der Waals surface area contributed by atoms with E-state index in [1.165, 1.54) is 4.57 Å². The van der Waals surface area contributed by atoms with Gasteiger partial charge in [0.05, 0.1) is 40.1 Å². The first-order valence-electron chi connectivity index (χ1n) is 10.9. The molecule has 2 aromatic carbocycles. The maximum atomic E-state index is 13.9. The minimum absolute atomic E-state index is 0.0243. The van der Waals surface area contributed by atoms with Crippen LogP contribution in [0.1, 0.15) is 30.3 Å². The Hall–Kier alpha value is -3.87. The van der Waals surface area contributed by atoms with Crippen LogP contribution in [0.4, 0.5) is 17.6 Å². The molecule has 5 N–H and O–H groups in total. The summed E-state index contributed by atoms with van der Waals surface area (Å²) in [6.07, 6.45) is 2.05. The van der Waals surface area contributed by atoms with Gasteiger partial charge in [0.1, 0.15) is 16.7 Å². The molecule has 35 heavy (non-hydrogen) atoms. The first-order valence-corrected chi connectivity index (χ1v) is 11.7. The molecule has 9 nitrogen and oxygen atoms in total. The van der Waals surface area contributed by atoms with Crippen molar-refractivity contribution in [1.29, 1.82) is 5.26 Å². The predicted molar refractivity (Wildman–Crippen MR) is 137 cm³/mol. The van der Waals surface area contributed by atoms with Crippen LogP contribution in [-0.4, -0.2) is 19.5 Å². The van der Waals surface area contributed by atoms with Crippen molar-refractivity contribution in [2.45, 2.75) is 25.3 Å². The van der Waals surface area contributed by atoms with Crippen LogP contribution in [0, 0.1) is 17.2 Å². The molecule has 0 saturated heterocycles. The monoisotopic (exact) mass is 506 g/mol. The topological polar surface area (TPSA) is 149 Å². The molecular weight excluding hydrogens is 487 g/mol. The van der Waals surface area contributed by atoms with E-state index in [0.29, 0.717) is 27.4 Å². The SMILES string of the molecule is N#CCc1cccc(-n2c(C(Nc3nc(N)nc(N)c3Cl)C3CC3)nc3cccc(Cl)c3c2=O)c1. The predicted octanol–water partition coefficient (Wildman–Crippen LogP) is 4.28. The van der Waals surface area contributed by atoms with Gasteiger partial charge in [-0.2, -0.15) is 15.2 Å². The number of nitrogens with zero attached hydrogens (tertiary/aromatic N) is 5. The van der Waals surface area contributed by atoms with Crippen molar-refractivity contribution in [3.05, 3.63) is 74.3 Å². The van der Waals surface area contributed by atoms with Crippen LogP contribution in [0.25, 0.3) is 16.6 Å². The molecule has 5 rings (SSSR count). The highest BCUT2D eigenvalue weighted by molar-refractivity contribution is 6.35. The minimum atomic E-state index is -0.433. The summed E-state index contributed by atoms with van der Waals surface area (Å²) >= 11 is 12.8. The molecule has 1 fully saturated rings. The van der Waals surface area contributed by atoms with E-state index in [1.807, 2.05) is 6.07 Å². The summed E-state index contributed by atoms with van der Waals surface area (Å²) in [6.45, 7) is 0. The summed E-state index contributed by atoms with van der Waals surface area (Å²) in [5.41, 5.74) is 13.2. The van der Waals surface area contributed by atoms with Crippen molar-refractivity contribution in [3.63, 3.8) is 0 Å². The molecule has 0 radical (unpaired) electrons. The second kappa shape index (κ2) is 9.06. The number of halogens is 2. The number of hydrogen-bond donors (Lipinski definition) is 3. The highest BCUT2D eigenvalue weighted by atomic mass is 35.5. The highest BCUT2D eigenvalue weighted by Crippen LogP contribution is 2.44. The normalized spacial score (nSPS) is 14.0. The molecule has 2 heterocycles. The van der Waals surface area contributed by atoms with Gasteiger partial charge in [-0.25, -0.2) is 4.98 Å². The van der Waals surface area contributed by atoms with Crippen LogP contribution >= 0.6 is 23.2 Å². The average Bonchev–Trinajstić information content (AvgIpc) is 3.66. The largest absolute Gasteiger partial charge is 0.382 e. The van der Waals surface area contributed by atoms with Gasteiger partial charge in [0.2, 0.25) is 5.95 Å². The van der Waals surface area contributed by atoms with Gasteiger partial charge in [-0.3, -0.25) is 9.36 Å². The molecule has 1 aliphatic carbocycles. The number of nitriles is 1. The maximum absolute atomic E-state index is 13.9. The zero-order valence-corrected chi connectivity index (χ0v) is 19.9. The Morgan fingerprint density at radius 1 is 1.14 bits per heavy atom. The van der Waals surface area contributed by atoms with E-state index in [2.05, 4.69) is 21.4 Å². The fourth-order valence-electron chi connectivity index (χ4n) is 4.11. The Labute approximate surface area is 210 Å². The summed E-state index contributed by atoms with van der Waals surface area (Å²) in [7, 11) is 0. The number of nitrogens with one attached hydrogen (secondary N) is 1. The quantitative estimate of drug-likeness (QED) is 0.350. The molecule has 176 valence electrons. The number of rotatable bonds is 6. The zero-order valence-electron chi connectivity index (χ0n) is 18.4. The second-order valence-corrected chi connectivity index (χ2v) is 9.12. The van der Waals surface area contributed by atoms with E-state index in [9.17, 15) is 4.79 Å². The van der Waals surface area contributed by atoms with Crippen LogP contribution in [0.15, 0.2) is 47.3 Å². The van der Waals surface area contributed by atoms with Gasteiger partial charge >= 0.3 is 0 Å². The fraction of sp³-hybridized carbons (Fsp3) is 0.208. The van der Waals surface area contributed by atoms with E-state index >= 15 is 0 Å². The van der Waals surface area contributed by atoms with E-state index in [4.69, 9.17) is 44.9 Å². The minimum Gasteiger partial charge on any atom is -0.382 e. The summed E-state index contributed by atoms with van der Waals surface area (Å²) < 4.78 is 1.53. The van der Waals surface area contributed by atoms with Gasteiger partial charge in [0, 0.05) is 0 Å². The second-order valence-electron chi connectivity index (χ2n) is 8.34. The Bertz CT molecular complexity index is 1560. The summed E-state index contributed by atoms with van der Waals surface area (Å²) in [4.78, 5) is 26.9. The lowest BCUT2D eigenvalue weighted by Gasteiger charge is -2.24. The van der Waals surface area contributed by atoms with Crippen LogP contribution in [-0.2, 0) is 6.42 Å². The molecule has 11 heteroatoms. The van der Waals surface area contributed by atoms with Crippen molar-refractivity contribution in [1.82, 2.24) is 19.5 Å². The Morgan fingerprint density at radius 3 is 2.66 bits per heavy atom. The molecule has 1 atom stereocenters. The van der Waals surface area contributed by atoms with Crippen molar-refractivity contribution in [2.75, 3.05) is 16.8 Å². The number of nitrogen functional groups attached to an aromatic ring is 2. The van der Waals surface area contributed by atoms with Gasteiger partial charge in [-0.05, 0) is 48.6 Å². The number of hydrogen-bond acceptors (Lipinski definition) is 8. The van der Waals surface area contributed by atoms with Gasteiger partial charge < -0.3 is 16.8 Å². The maximum Gasteiger partial charge on any atom is 0.267 e. The number of fused-ring (bicyclic) bond motifs is 1. The molecule has 0 aliphatic heterocycles. The number of benzene rings is 2. The van der Waals surface area contributed by atoms with Crippen molar-refractivity contribution in [3.8, 4) is 11.8 Å². The Balaban J connectivity index is 1.76. The summed E-state index contributed by atoms with van der Waals surface area (Å²) in [5, 5.41) is 13.2. The van der Waals surface area contributed by atoms with Crippen molar-refractivity contribution >= 4 is 51.7 Å². The number of anilines is 3. The van der Waals surface area contributed by atoms with Crippen LogP contribution in [0.5, 0.6) is 0 Å². The van der Waals surface area contributed by atoms with E-state index in [1.54, 1.807) is 36.4 Å². The first-order chi connectivity index (χ1) is 16.9. The molecule has 0 bridgehead atoms. The van der Waals surface area contributed by atoms with Crippen LogP contribution in [0.3, 0.4) is 0 Å². The van der Waals surface area contributed by atoms with E-state index < -0.39 is 6.04 Å². The third kappa shape index (κ3) is 4.34. The van der Waals surface area contributed by atoms with Crippen molar-refractivity contribution in [2.24, 2.45) is 5.92 Å². The average molecular weight is 507 g/mol. The van der Waals surface area contributed by atoms with Gasteiger partial charge in [0.25, 0.3) is 5.56 Å². The van der Waals surface area contributed by atoms with Gasteiger partial charge in [0.15, 0.2) is 5.82 Å². The lowest BCUT2D eigenvalue weighted by molar-refractivity contribution is 0.609. The first kappa shape index (κ1) is 22.9. The lowest BCUT2D eigenvalue weighted by Crippen LogP contribution is -2.29. The fourth-order valence-corrected chi connectivity index (χ4v) is 4.50. The molecular formula is C24H20Cl2N8O. The third-order valence-corrected chi connectivity index (χ3v) is 6.57. The van der Waals surface area contributed by atoms with E-state index in [-0.39, 0.29) is 40.5 Å². The molecule has 1 saturated carbocycles. The van der Waals surface area contributed by atoms with Gasteiger partial charge in [-0.15, -0.1) is 0 Å².